The molecule has 5 rings (SSSR count). The van der Waals surface area contributed by atoms with E-state index in [0.717, 1.165) is 20.9 Å². The molecule has 1 fully saturated rings. The zero-order valence-electron chi connectivity index (χ0n) is 17.5. The van der Waals surface area contributed by atoms with Crippen molar-refractivity contribution >= 4 is 43.3 Å². The number of benzene rings is 2. The van der Waals surface area contributed by atoms with Crippen LogP contribution in [0.3, 0.4) is 0 Å². The van der Waals surface area contributed by atoms with Gasteiger partial charge >= 0.3 is 0 Å². The number of sulfonamides is 1. The normalized spacial score (nSPS) is 14.9. The van der Waals surface area contributed by atoms with Crippen molar-refractivity contribution in [3.8, 4) is 10.6 Å². The minimum Gasteiger partial charge on any atom is -0.379 e. The molecule has 4 aromatic rings. The number of amides is 1. The Morgan fingerprint density at radius 3 is 2.42 bits per heavy atom. The third kappa shape index (κ3) is 4.51. The van der Waals surface area contributed by atoms with Crippen LogP contribution in [0.15, 0.2) is 71.8 Å². The molecular formula is C23H20N4O4S2. The van der Waals surface area contributed by atoms with Crippen molar-refractivity contribution in [2.75, 3.05) is 31.6 Å². The number of anilines is 1. The predicted molar refractivity (Wildman–Crippen MR) is 127 cm³/mol. The number of rotatable bonds is 5. The number of morpholine rings is 1. The van der Waals surface area contributed by atoms with Gasteiger partial charge in [-0.15, -0.1) is 0 Å². The highest BCUT2D eigenvalue weighted by molar-refractivity contribution is 7.89. The van der Waals surface area contributed by atoms with Crippen molar-refractivity contribution in [1.29, 1.82) is 0 Å². The molecule has 3 heterocycles. The summed E-state index contributed by atoms with van der Waals surface area (Å²) < 4.78 is 32.1. The predicted octanol–water partition coefficient (Wildman–Crippen LogP) is 3.63. The Labute approximate surface area is 194 Å². The summed E-state index contributed by atoms with van der Waals surface area (Å²) >= 11 is 1.51. The largest absolute Gasteiger partial charge is 0.379 e. The Morgan fingerprint density at radius 1 is 1.00 bits per heavy atom. The lowest BCUT2D eigenvalue weighted by Crippen LogP contribution is -2.40. The van der Waals surface area contributed by atoms with Crippen LogP contribution in [-0.2, 0) is 14.8 Å². The van der Waals surface area contributed by atoms with Crippen molar-refractivity contribution in [3.63, 3.8) is 0 Å². The van der Waals surface area contributed by atoms with Crippen LogP contribution >= 0.6 is 11.3 Å². The van der Waals surface area contributed by atoms with Gasteiger partial charge in [0, 0.05) is 36.1 Å². The Morgan fingerprint density at radius 2 is 1.73 bits per heavy atom. The molecule has 1 amide bonds. The molecule has 2 aromatic carbocycles. The second-order valence-electron chi connectivity index (χ2n) is 7.42. The quantitative estimate of drug-likeness (QED) is 0.468. The van der Waals surface area contributed by atoms with Gasteiger partial charge in [0.2, 0.25) is 10.0 Å². The summed E-state index contributed by atoms with van der Waals surface area (Å²) in [6, 6.07) is 17.2. The van der Waals surface area contributed by atoms with Gasteiger partial charge in [-0.25, -0.2) is 18.4 Å². The Kier molecular flexibility index (Phi) is 5.90. The molecule has 0 aliphatic carbocycles. The lowest BCUT2D eigenvalue weighted by Gasteiger charge is -2.26. The molecule has 0 saturated carbocycles. The first kappa shape index (κ1) is 21.7. The van der Waals surface area contributed by atoms with E-state index >= 15 is 0 Å². The first-order valence-electron chi connectivity index (χ1n) is 10.3. The second kappa shape index (κ2) is 8.99. The summed E-state index contributed by atoms with van der Waals surface area (Å²) in [6.45, 7) is 1.42. The summed E-state index contributed by atoms with van der Waals surface area (Å²) in [5, 5.41) is 3.70. The molecule has 8 nitrogen and oxygen atoms in total. The third-order valence-corrected chi connectivity index (χ3v) is 8.22. The minimum atomic E-state index is -3.59. The van der Waals surface area contributed by atoms with Crippen LogP contribution in [0, 0.1) is 0 Å². The topological polar surface area (TPSA) is 101 Å². The first-order chi connectivity index (χ1) is 16.0. The molecule has 1 aliphatic rings. The van der Waals surface area contributed by atoms with Crippen molar-refractivity contribution in [1.82, 2.24) is 14.3 Å². The van der Waals surface area contributed by atoms with E-state index in [9.17, 15) is 13.2 Å². The second-order valence-corrected chi connectivity index (χ2v) is 10.3. The molecule has 0 atom stereocenters. The molecule has 0 spiro atoms. The number of hydrogen-bond acceptors (Lipinski definition) is 7. The van der Waals surface area contributed by atoms with Crippen LogP contribution in [-0.4, -0.2) is 54.9 Å². The van der Waals surface area contributed by atoms with E-state index in [1.165, 1.54) is 39.9 Å². The number of nitrogens with zero attached hydrogens (tertiary/aromatic N) is 3. The fourth-order valence-corrected chi connectivity index (χ4v) is 5.83. The summed E-state index contributed by atoms with van der Waals surface area (Å²) in [5.74, 6) is -0.317. The Bertz CT molecular complexity index is 1360. The third-order valence-electron chi connectivity index (χ3n) is 5.28. The average molecular weight is 481 g/mol. The number of aromatic nitrogens is 2. The fourth-order valence-electron chi connectivity index (χ4n) is 3.51. The molecule has 33 heavy (non-hydrogen) atoms. The smallest absolute Gasteiger partial charge is 0.255 e. The molecule has 0 radical (unpaired) electrons. The zero-order chi connectivity index (χ0) is 22.8. The highest BCUT2D eigenvalue weighted by atomic mass is 32.2. The van der Waals surface area contributed by atoms with Gasteiger partial charge in [0.15, 0.2) is 0 Å². The van der Waals surface area contributed by atoms with Crippen molar-refractivity contribution in [2.24, 2.45) is 0 Å². The van der Waals surface area contributed by atoms with E-state index in [1.807, 2.05) is 36.4 Å². The number of thiazole rings is 1. The number of carbonyl (C=O) groups is 1. The number of nitrogens with one attached hydrogen (secondary N) is 1. The average Bonchev–Trinajstić information content (AvgIpc) is 3.29. The van der Waals surface area contributed by atoms with Gasteiger partial charge in [-0.1, -0.05) is 11.3 Å². The number of hydrogen-bond donors (Lipinski definition) is 1. The highest BCUT2D eigenvalue weighted by Crippen LogP contribution is 2.29. The summed E-state index contributed by atoms with van der Waals surface area (Å²) in [7, 11) is -3.59. The lowest BCUT2D eigenvalue weighted by molar-refractivity contribution is 0.0730. The van der Waals surface area contributed by atoms with Crippen molar-refractivity contribution < 1.29 is 17.9 Å². The van der Waals surface area contributed by atoms with Gasteiger partial charge in [0.25, 0.3) is 5.91 Å². The highest BCUT2D eigenvalue weighted by Gasteiger charge is 2.26. The van der Waals surface area contributed by atoms with Crippen LogP contribution in [0.4, 0.5) is 5.69 Å². The monoisotopic (exact) mass is 480 g/mol. The lowest BCUT2D eigenvalue weighted by atomic mass is 10.2. The van der Waals surface area contributed by atoms with Crippen LogP contribution in [0.25, 0.3) is 20.9 Å². The van der Waals surface area contributed by atoms with Crippen LogP contribution < -0.4 is 5.32 Å². The molecule has 2 aromatic heterocycles. The molecular weight excluding hydrogens is 460 g/mol. The van der Waals surface area contributed by atoms with E-state index in [4.69, 9.17) is 4.74 Å². The van der Waals surface area contributed by atoms with Crippen molar-refractivity contribution in [3.05, 3.63) is 72.4 Å². The van der Waals surface area contributed by atoms with E-state index in [1.54, 1.807) is 6.20 Å². The molecule has 1 N–H and O–H groups in total. The summed E-state index contributed by atoms with van der Waals surface area (Å²) in [4.78, 5) is 22.6. The molecule has 1 saturated heterocycles. The maximum Gasteiger partial charge on any atom is 0.255 e. The van der Waals surface area contributed by atoms with E-state index < -0.39 is 10.0 Å². The SMILES string of the molecule is O=C(Nc1ccc(-c2nc3cccnc3s2)cc1)c1ccc(S(=O)(=O)N2CCOCC2)cc1. The maximum absolute atomic E-state index is 12.7. The molecule has 10 heteroatoms. The van der Waals surface area contributed by atoms with E-state index in [0.29, 0.717) is 37.6 Å². The standard InChI is InChI=1S/C23H20N4O4S2/c28-21(16-5-9-19(10-6-16)33(29,30)27-12-14-31-15-13-27)25-18-7-3-17(4-8-18)22-26-20-2-1-11-24-23(20)32-22/h1-11H,12-15H2,(H,25,28). The van der Waals surface area contributed by atoms with Gasteiger partial charge < -0.3 is 10.1 Å². The number of carbonyl (C=O) groups excluding carboxylic acids is 1. The van der Waals surface area contributed by atoms with Gasteiger partial charge in [-0.2, -0.15) is 4.31 Å². The van der Waals surface area contributed by atoms with Gasteiger partial charge in [0.05, 0.1) is 18.1 Å². The van der Waals surface area contributed by atoms with Crippen LogP contribution in [0.2, 0.25) is 0 Å². The minimum absolute atomic E-state index is 0.163. The number of fused-ring (bicyclic) bond motifs is 1. The molecule has 168 valence electrons. The van der Waals surface area contributed by atoms with Gasteiger partial charge in [-0.3, -0.25) is 4.79 Å². The fraction of sp³-hybridized carbons (Fsp3) is 0.174. The Balaban J connectivity index is 1.27. The summed E-state index contributed by atoms with van der Waals surface area (Å²) in [5.41, 5.74) is 2.80. The van der Waals surface area contributed by atoms with Crippen molar-refractivity contribution in [2.45, 2.75) is 4.90 Å². The Hall–Kier alpha value is -3.18. The molecule has 0 bridgehead atoms. The first-order valence-corrected chi connectivity index (χ1v) is 12.6. The van der Waals surface area contributed by atoms with Crippen LogP contribution in [0.1, 0.15) is 10.4 Å². The number of ether oxygens (including phenoxy) is 1. The maximum atomic E-state index is 12.7. The van der Waals surface area contributed by atoms with E-state index in [2.05, 4.69) is 15.3 Å². The van der Waals surface area contributed by atoms with E-state index in [-0.39, 0.29) is 10.8 Å². The number of pyridine rings is 1. The molecule has 0 unspecified atom stereocenters. The molecule has 1 aliphatic heterocycles. The van der Waals surface area contributed by atoms with Crippen LogP contribution in [0.5, 0.6) is 0 Å². The zero-order valence-corrected chi connectivity index (χ0v) is 19.1. The van der Waals surface area contributed by atoms with Gasteiger partial charge in [0.1, 0.15) is 15.4 Å². The van der Waals surface area contributed by atoms with Gasteiger partial charge in [-0.05, 0) is 60.7 Å². The summed E-state index contributed by atoms with van der Waals surface area (Å²) in [6.07, 6.45) is 1.74.